The van der Waals surface area contributed by atoms with Crippen molar-refractivity contribution < 1.29 is 46.2 Å². The third-order valence-electron chi connectivity index (χ3n) is 4.84. The zero-order valence-corrected chi connectivity index (χ0v) is 21.5. The highest BCUT2D eigenvalue weighted by Crippen LogP contribution is 2.29. The molecule has 0 bridgehead atoms. The van der Waals surface area contributed by atoms with Crippen LogP contribution >= 0.6 is 0 Å². The molecule has 0 fully saturated rings. The van der Waals surface area contributed by atoms with Gasteiger partial charge in [-0.25, -0.2) is 9.79 Å². The zero-order valence-electron chi connectivity index (χ0n) is 21.5. The number of aliphatic hydroxyl groups excluding tert-OH is 1. The summed E-state index contributed by atoms with van der Waals surface area (Å²) in [6, 6.07) is 10.7. The van der Waals surface area contributed by atoms with E-state index < -0.39 is 36.7 Å². The highest BCUT2D eigenvalue weighted by atomic mass is 19.4. The van der Waals surface area contributed by atoms with E-state index >= 15 is 0 Å². The molecule has 0 aliphatic carbocycles. The van der Waals surface area contributed by atoms with Crippen LogP contribution in [0.15, 0.2) is 58.7 Å². The van der Waals surface area contributed by atoms with Crippen LogP contribution in [0.2, 0.25) is 0 Å². The van der Waals surface area contributed by atoms with E-state index in [2.05, 4.69) is 16.9 Å². The third kappa shape index (κ3) is 14.9. The summed E-state index contributed by atoms with van der Waals surface area (Å²) in [6.45, 7) is 6.89. The lowest BCUT2D eigenvalue weighted by atomic mass is 10.1. The Balaban J connectivity index is 0.00000177. The van der Waals surface area contributed by atoms with Crippen molar-refractivity contribution in [3.8, 4) is 0 Å². The lowest BCUT2D eigenvalue weighted by Gasteiger charge is -2.21. The fourth-order valence-electron chi connectivity index (χ4n) is 3.01. The Hall–Kier alpha value is -3.45. The summed E-state index contributed by atoms with van der Waals surface area (Å²) in [5.41, 5.74) is 0.638. The SMILES string of the molecule is C=NO/C(CCC(F)(F)F)=N\CN(CCc1ccc(C(=O)O)cc1)Cc1ccc(C(F)(F)F)cc1.CC(C)O. The number of alkyl halides is 6. The molecule has 0 atom stereocenters. The van der Waals surface area contributed by atoms with Crippen LogP contribution in [0.1, 0.15) is 53.7 Å². The van der Waals surface area contributed by atoms with E-state index in [0.29, 0.717) is 18.5 Å². The van der Waals surface area contributed by atoms with Crippen molar-refractivity contribution in [3.63, 3.8) is 0 Å². The molecule has 2 rings (SSSR count). The summed E-state index contributed by atoms with van der Waals surface area (Å²) in [4.78, 5) is 21.5. The predicted octanol–water partition coefficient (Wildman–Crippen LogP) is 6.17. The van der Waals surface area contributed by atoms with Gasteiger partial charge in [0.25, 0.3) is 0 Å². The largest absolute Gasteiger partial charge is 0.478 e. The van der Waals surface area contributed by atoms with Crippen molar-refractivity contribution >= 4 is 18.6 Å². The maximum Gasteiger partial charge on any atom is 0.416 e. The van der Waals surface area contributed by atoms with Crippen LogP contribution in [0, 0.1) is 0 Å². The Kier molecular flexibility index (Phi) is 13.6. The van der Waals surface area contributed by atoms with Gasteiger partial charge in [-0.15, -0.1) is 0 Å². The van der Waals surface area contributed by atoms with E-state index in [-0.39, 0.29) is 30.8 Å². The van der Waals surface area contributed by atoms with E-state index in [4.69, 9.17) is 15.1 Å². The summed E-state index contributed by atoms with van der Waals surface area (Å²) in [7, 11) is 0. The summed E-state index contributed by atoms with van der Waals surface area (Å²) in [5, 5.41) is 20.2. The number of carbonyl (C=O) groups is 1. The van der Waals surface area contributed by atoms with E-state index in [9.17, 15) is 31.1 Å². The van der Waals surface area contributed by atoms with E-state index in [1.165, 1.54) is 24.3 Å². The van der Waals surface area contributed by atoms with Gasteiger partial charge in [-0.2, -0.15) is 26.3 Å². The van der Waals surface area contributed by atoms with Crippen LogP contribution in [0.3, 0.4) is 0 Å². The van der Waals surface area contributed by atoms with Gasteiger partial charge in [0.1, 0.15) is 0 Å². The first-order valence-corrected chi connectivity index (χ1v) is 11.7. The lowest BCUT2D eigenvalue weighted by Crippen LogP contribution is -2.27. The van der Waals surface area contributed by atoms with Gasteiger partial charge in [0, 0.05) is 32.3 Å². The average molecular weight is 564 g/mol. The monoisotopic (exact) mass is 563 g/mol. The van der Waals surface area contributed by atoms with Crippen LogP contribution in [0.25, 0.3) is 0 Å². The standard InChI is InChI=1S/C23H23F6N3O3.C3H8O/c1-30-35-20(10-12-22(24,25)26)31-15-32(13-11-16-2-6-18(7-3-16)21(33)34)14-17-4-8-19(9-5-17)23(27,28)29;1-3(2)4/h2-9H,1,10-15H2,(H,33,34);3-4H,1-2H3/b31-20-;. The van der Waals surface area contributed by atoms with Crippen molar-refractivity contribution in [2.24, 2.45) is 10.1 Å². The van der Waals surface area contributed by atoms with Crippen molar-refractivity contribution in [1.82, 2.24) is 4.90 Å². The number of aliphatic hydroxyl groups is 1. The van der Waals surface area contributed by atoms with Crippen LogP contribution in [-0.2, 0) is 24.0 Å². The van der Waals surface area contributed by atoms with Crippen LogP contribution < -0.4 is 0 Å². The lowest BCUT2D eigenvalue weighted by molar-refractivity contribution is -0.137. The smallest absolute Gasteiger partial charge is 0.416 e. The Labute approximate surface area is 222 Å². The van der Waals surface area contributed by atoms with Crippen LogP contribution in [-0.4, -0.2) is 59.2 Å². The first-order valence-electron chi connectivity index (χ1n) is 11.7. The number of hydrogen-bond donors (Lipinski definition) is 2. The molecule has 0 spiro atoms. The molecule has 0 heterocycles. The molecular formula is C26H31F6N3O4. The number of carboxylic acid groups (broad SMARTS) is 1. The molecule has 0 aromatic heterocycles. The van der Waals surface area contributed by atoms with E-state index in [0.717, 1.165) is 17.7 Å². The Bertz CT molecular complexity index is 1050. The van der Waals surface area contributed by atoms with Gasteiger partial charge in [0.05, 0.1) is 24.2 Å². The maximum absolute atomic E-state index is 12.8. The normalized spacial score (nSPS) is 12.2. The summed E-state index contributed by atoms with van der Waals surface area (Å²) < 4.78 is 76.2. The molecule has 2 aromatic carbocycles. The van der Waals surface area contributed by atoms with Gasteiger partial charge < -0.3 is 15.1 Å². The van der Waals surface area contributed by atoms with Gasteiger partial charge in [-0.3, -0.25) is 4.90 Å². The molecule has 7 nitrogen and oxygen atoms in total. The van der Waals surface area contributed by atoms with Gasteiger partial charge in [0.2, 0.25) is 5.90 Å². The van der Waals surface area contributed by atoms with Crippen molar-refractivity contribution in [3.05, 3.63) is 70.8 Å². The molecule has 0 saturated carbocycles. The van der Waals surface area contributed by atoms with E-state index in [1.807, 2.05) is 0 Å². The maximum atomic E-state index is 12.8. The molecular weight excluding hydrogens is 532 g/mol. The van der Waals surface area contributed by atoms with Crippen LogP contribution in [0.4, 0.5) is 26.3 Å². The first-order chi connectivity index (χ1) is 18.1. The number of rotatable bonds is 11. The minimum absolute atomic E-state index is 0.114. The molecule has 216 valence electrons. The average Bonchev–Trinajstić information content (AvgIpc) is 2.83. The van der Waals surface area contributed by atoms with Gasteiger partial charge in [-0.1, -0.05) is 29.4 Å². The number of hydrogen-bond acceptors (Lipinski definition) is 6. The van der Waals surface area contributed by atoms with Gasteiger partial charge in [0.15, 0.2) is 0 Å². The highest BCUT2D eigenvalue weighted by molar-refractivity contribution is 5.87. The second kappa shape index (κ2) is 15.8. The molecule has 0 amide bonds. The van der Waals surface area contributed by atoms with Crippen molar-refractivity contribution in [1.29, 1.82) is 0 Å². The van der Waals surface area contributed by atoms with Gasteiger partial charge >= 0.3 is 18.3 Å². The Morgan fingerprint density at radius 2 is 1.54 bits per heavy atom. The topological polar surface area (TPSA) is 94.7 Å². The minimum Gasteiger partial charge on any atom is -0.478 e. The molecule has 0 radical (unpaired) electrons. The third-order valence-corrected chi connectivity index (χ3v) is 4.84. The number of carboxylic acids is 1. The second-order valence-corrected chi connectivity index (χ2v) is 8.62. The number of halogens is 6. The number of oxime groups is 1. The highest BCUT2D eigenvalue weighted by Gasteiger charge is 2.30. The number of aliphatic imine (C=N–C) groups is 1. The molecule has 0 aliphatic rings. The van der Waals surface area contributed by atoms with Crippen LogP contribution in [0.5, 0.6) is 0 Å². The quantitative estimate of drug-likeness (QED) is 0.148. The minimum atomic E-state index is -4.48. The fourth-order valence-corrected chi connectivity index (χ4v) is 3.01. The number of nitrogens with zero attached hydrogens (tertiary/aromatic N) is 3. The molecule has 13 heteroatoms. The number of benzene rings is 2. The molecule has 0 aliphatic heterocycles. The van der Waals surface area contributed by atoms with E-state index in [1.54, 1.807) is 30.9 Å². The molecule has 39 heavy (non-hydrogen) atoms. The summed E-state index contributed by atoms with van der Waals surface area (Å²) in [5.74, 6) is -1.35. The molecule has 0 saturated heterocycles. The van der Waals surface area contributed by atoms with Gasteiger partial charge in [-0.05, 0) is 55.7 Å². The Morgan fingerprint density at radius 1 is 1.00 bits per heavy atom. The summed E-state index contributed by atoms with van der Waals surface area (Å²) >= 11 is 0. The second-order valence-electron chi connectivity index (χ2n) is 8.62. The molecule has 2 N–H and O–H groups in total. The van der Waals surface area contributed by atoms with Crippen molar-refractivity contribution in [2.75, 3.05) is 13.2 Å². The molecule has 2 aromatic rings. The predicted molar refractivity (Wildman–Crippen MR) is 135 cm³/mol. The zero-order chi connectivity index (χ0) is 29.6. The first kappa shape index (κ1) is 33.6. The number of aromatic carboxylic acids is 1. The summed E-state index contributed by atoms with van der Waals surface area (Å²) in [6.07, 6.45) is -10.4. The Morgan fingerprint density at radius 3 is 2.00 bits per heavy atom. The molecule has 0 unspecified atom stereocenters. The van der Waals surface area contributed by atoms with Crippen molar-refractivity contribution in [2.45, 2.75) is 58.1 Å². The fraction of sp³-hybridized carbons (Fsp3) is 0.423.